The number of carbonyl (C=O) groups excluding carboxylic acids is 1. The number of ether oxygens (including phenoxy) is 1. The second kappa shape index (κ2) is 9.70. The molecule has 0 radical (unpaired) electrons. The van der Waals surface area contributed by atoms with E-state index < -0.39 is 12.0 Å². The van der Waals surface area contributed by atoms with Gasteiger partial charge in [0.2, 0.25) is 0 Å². The number of aromatic amines is 1. The third kappa shape index (κ3) is 3.97. The summed E-state index contributed by atoms with van der Waals surface area (Å²) in [6.07, 6.45) is 1.96. The van der Waals surface area contributed by atoms with Gasteiger partial charge in [-0.05, 0) is 49.4 Å². The molecule has 1 N–H and O–H groups in total. The van der Waals surface area contributed by atoms with Crippen molar-refractivity contribution in [2.24, 2.45) is 4.99 Å². The monoisotopic (exact) mass is 539 g/mol. The summed E-state index contributed by atoms with van der Waals surface area (Å²) in [6, 6.07) is 19.6. The number of nitrogens with one attached hydrogen (secondary N) is 1. The predicted octanol–water partition coefficient (Wildman–Crippen LogP) is 5.32. The average molecular weight is 540 g/mol. The molecule has 0 amide bonds. The molecule has 5 aromatic rings. The number of hydrogen-bond donors (Lipinski definition) is 1. The van der Waals surface area contributed by atoms with E-state index in [0.717, 1.165) is 38.2 Å². The summed E-state index contributed by atoms with van der Waals surface area (Å²) in [6.45, 7) is 5.90. The predicted molar refractivity (Wildman–Crippen MR) is 153 cm³/mol. The van der Waals surface area contributed by atoms with E-state index in [1.807, 2.05) is 47.9 Å². The van der Waals surface area contributed by atoms with Gasteiger partial charge >= 0.3 is 5.97 Å². The molecule has 38 heavy (non-hydrogen) atoms. The highest BCUT2D eigenvalue weighted by atomic mass is 32.1. The molecule has 0 unspecified atom stereocenters. The number of aromatic nitrogens is 2. The first-order chi connectivity index (χ1) is 18.5. The number of carbonyl (C=O) groups is 1. The second-order valence-electron chi connectivity index (χ2n) is 9.09. The van der Waals surface area contributed by atoms with Crippen molar-refractivity contribution in [1.29, 1.82) is 0 Å². The molecular weight excluding hydrogens is 514 g/mol. The molecule has 0 saturated carbocycles. The summed E-state index contributed by atoms with van der Waals surface area (Å²) in [5.74, 6) is -0.445. The van der Waals surface area contributed by atoms with E-state index in [4.69, 9.17) is 9.73 Å². The van der Waals surface area contributed by atoms with Crippen molar-refractivity contribution < 1.29 is 9.53 Å². The molecule has 0 bridgehead atoms. The molecule has 0 fully saturated rings. The smallest absolute Gasteiger partial charge is 0.338 e. The highest BCUT2D eigenvalue weighted by molar-refractivity contribution is 7.10. The van der Waals surface area contributed by atoms with Crippen LogP contribution in [0.5, 0.6) is 0 Å². The Morgan fingerprint density at radius 1 is 1.11 bits per heavy atom. The van der Waals surface area contributed by atoms with Gasteiger partial charge in [0.15, 0.2) is 4.80 Å². The summed E-state index contributed by atoms with van der Waals surface area (Å²) >= 11 is 2.85. The van der Waals surface area contributed by atoms with Crippen LogP contribution in [-0.2, 0) is 9.53 Å². The highest BCUT2D eigenvalue weighted by Gasteiger charge is 2.34. The van der Waals surface area contributed by atoms with Gasteiger partial charge < -0.3 is 9.72 Å². The van der Waals surface area contributed by atoms with Crippen LogP contribution >= 0.6 is 22.7 Å². The summed E-state index contributed by atoms with van der Waals surface area (Å²) in [5.41, 5.74) is 5.92. The Labute approximate surface area is 226 Å². The number of thiazole rings is 1. The number of thiophene rings is 1. The van der Waals surface area contributed by atoms with Gasteiger partial charge in [-0.1, -0.05) is 65.9 Å². The third-order valence-electron chi connectivity index (χ3n) is 6.75. The minimum absolute atomic E-state index is 0.178. The average Bonchev–Trinajstić information content (AvgIpc) is 3.64. The molecule has 8 heteroatoms. The molecule has 1 atom stereocenters. The van der Waals surface area contributed by atoms with E-state index in [-0.39, 0.29) is 12.2 Å². The quantitative estimate of drug-likeness (QED) is 0.307. The molecule has 3 aromatic heterocycles. The Kier molecular flexibility index (Phi) is 6.21. The number of benzene rings is 2. The van der Waals surface area contributed by atoms with Crippen LogP contribution in [0.4, 0.5) is 0 Å². The van der Waals surface area contributed by atoms with Crippen LogP contribution in [0.15, 0.2) is 87.1 Å². The first kappa shape index (κ1) is 24.3. The minimum Gasteiger partial charge on any atom is -0.463 e. The number of para-hydroxylation sites is 1. The zero-order valence-electron chi connectivity index (χ0n) is 21.1. The lowest BCUT2D eigenvalue weighted by Gasteiger charge is -2.23. The van der Waals surface area contributed by atoms with Gasteiger partial charge in [-0.15, -0.1) is 11.3 Å². The lowest BCUT2D eigenvalue weighted by molar-refractivity contribution is -0.139. The number of hydrogen-bond acceptors (Lipinski definition) is 6. The molecule has 0 spiro atoms. The van der Waals surface area contributed by atoms with Crippen molar-refractivity contribution in [3.05, 3.63) is 113 Å². The van der Waals surface area contributed by atoms with Gasteiger partial charge in [0.05, 0.1) is 28.1 Å². The maximum atomic E-state index is 14.0. The highest BCUT2D eigenvalue weighted by Crippen LogP contribution is 2.34. The number of nitrogens with zero attached hydrogens (tertiary/aromatic N) is 2. The number of aryl methyl sites for hydroxylation is 1. The van der Waals surface area contributed by atoms with Crippen LogP contribution in [0.3, 0.4) is 0 Å². The zero-order valence-corrected chi connectivity index (χ0v) is 22.8. The van der Waals surface area contributed by atoms with Crippen LogP contribution < -0.4 is 14.9 Å². The van der Waals surface area contributed by atoms with E-state index in [2.05, 4.69) is 36.2 Å². The standard InChI is InChI=1S/C30H25N3O3S2/c1-4-36-29(35)24-18(3)31-30-33(27(24)22-14-9-15-37-22)28(34)23(38-30)16-21-20-13-8-10-17(2)25(20)32-26(21)19-11-6-5-7-12-19/h5-16,27,32H,4H2,1-3H3/b23-16+/t27-/m0/s1. The van der Waals surface area contributed by atoms with E-state index in [1.165, 1.54) is 22.7 Å². The van der Waals surface area contributed by atoms with Crippen molar-refractivity contribution in [2.75, 3.05) is 6.61 Å². The molecular formula is C30H25N3O3S2. The molecule has 6 rings (SSSR count). The molecule has 1 aliphatic rings. The van der Waals surface area contributed by atoms with E-state index in [1.54, 1.807) is 18.4 Å². The normalized spacial score (nSPS) is 15.6. The molecule has 0 aliphatic carbocycles. The number of rotatable bonds is 5. The summed E-state index contributed by atoms with van der Waals surface area (Å²) in [7, 11) is 0. The van der Waals surface area contributed by atoms with Crippen molar-refractivity contribution in [3.8, 4) is 11.3 Å². The number of H-pyrrole nitrogens is 1. The van der Waals surface area contributed by atoms with Crippen LogP contribution in [0.1, 0.15) is 35.9 Å². The summed E-state index contributed by atoms with van der Waals surface area (Å²) in [5, 5.41) is 3.00. The molecule has 190 valence electrons. The van der Waals surface area contributed by atoms with Crippen molar-refractivity contribution in [3.63, 3.8) is 0 Å². The molecule has 1 aliphatic heterocycles. The molecule has 4 heterocycles. The first-order valence-corrected chi connectivity index (χ1v) is 14.1. The lowest BCUT2D eigenvalue weighted by atomic mass is 10.0. The van der Waals surface area contributed by atoms with E-state index >= 15 is 0 Å². The number of esters is 1. The van der Waals surface area contributed by atoms with Crippen LogP contribution in [0.25, 0.3) is 28.2 Å². The van der Waals surface area contributed by atoms with E-state index in [0.29, 0.717) is 20.6 Å². The van der Waals surface area contributed by atoms with Crippen molar-refractivity contribution >= 4 is 45.6 Å². The van der Waals surface area contributed by atoms with E-state index in [9.17, 15) is 9.59 Å². The van der Waals surface area contributed by atoms with Gasteiger partial charge in [0.25, 0.3) is 5.56 Å². The Morgan fingerprint density at radius 2 is 1.92 bits per heavy atom. The largest absolute Gasteiger partial charge is 0.463 e. The molecule has 6 nitrogen and oxygen atoms in total. The lowest BCUT2D eigenvalue weighted by Crippen LogP contribution is -2.39. The maximum absolute atomic E-state index is 14.0. The first-order valence-electron chi connectivity index (χ1n) is 12.4. The molecule has 0 saturated heterocycles. The number of allylic oxidation sites excluding steroid dienone is 1. The van der Waals surface area contributed by atoms with Gasteiger partial charge in [-0.2, -0.15) is 0 Å². The summed E-state index contributed by atoms with van der Waals surface area (Å²) < 4.78 is 7.58. The fourth-order valence-corrected chi connectivity index (χ4v) is 6.86. The molecule has 2 aromatic carbocycles. The Hall–Kier alpha value is -4.01. The van der Waals surface area contributed by atoms with Crippen LogP contribution in [0.2, 0.25) is 0 Å². The van der Waals surface area contributed by atoms with Crippen LogP contribution in [0, 0.1) is 6.92 Å². The van der Waals surface area contributed by atoms with Gasteiger partial charge in [-0.3, -0.25) is 9.36 Å². The number of fused-ring (bicyclic) bond motifs is 2. The topological polar surface area (TPSA) is 76.4 Å². The van der Waals surface area contributed by atoms with Crippen LogP contribution in [-0.4, -0.2) is 22.1 Å². The zero-order chi connectivity index (χ0) is 26.4. The Bertz CT molecular complexity index is 1890. The second-order valence-corrected chi connectivity index (χ2v) is 11.1. The fraction of sp³-hybridized carbons (Fsp3) is 0.167. The fourth-order valence-electron chi connectivity index (χ4n) is 5.01. The van der Waals surface area contributed by atoms with Crippen molar-refractivity contribution in [1.82, 2.24) is 9.55 Å². The van der Waals surface area contributed by atoms with Gasteiger partial charge in [0, 0.05) is 21.3 Å². The SMILES string of the molecule is CCOC(=O)C1=C(C)N=c2s/c(=C/c3c(-c4ccccc4)[nH]c4c(C)cccc34)c(=O)n2[C@H]1c1cccs1. The van der Waals surface area contributed by atoms with Gasteiger partial charge in [-0.25, -0.2) is 9.79 Å². The Morgan fingerprint density at radius 3 is 2.66 bits per heavy atom. The maximum Gasteiger partial charge on any atom is 0.338 e. The van der Waals surface area contributed by atoms with Crippen molar-refractivity contribution in [2.45, 2.75) is 26.8 Å². The Balaban J connectivity index is 1.62. The minimum atomic E-state index is -0.578. The summed E-state index contributed by atoms with van der Waals surface area (Å²) in [4.78, 5) is 36.8. The van der Waals surface area contributed by atoms with Gasteiger partial charge in [0.1, 0.15) is 6.04 Å². The third-order valence-corrected chi connectivity index (χ3v) is 8.66.